The molecule has 1 aliphatic rings. The third-order valence-corrected chi connectivity index (χ3v) is 6.00. The molecule has 0 aliphatic carbocycles. The molecular formula is C26H32N2O4. The molecule has 0 aromatic heterocycles. The number of hydrogen-bond acceptors (Lipinski definition) is 6. The summed E-state index contributed by atoms with van der Waals surface area (Å²) in [7, 11) is 2.17. The second kappa shape index (κ2) is 10.7. The number of phenols is 1. The van der Waals surface area contributed by atoms with Crippen LogP contribution < -0.4 is 9.47 Å². The maximum Gasteiger partial charge on any atom is 0.123 e. The van der Waals surface area contributed by atoms with Gasteiger partial charge in [-0.1, -0.05) is 24.3 Å². The molecule has 32 heavy (non-hydrogen) atoms. The number of nitrogens with zero attached hydrogens (tertiary/aromatic N) is 2. The molecule has 0 spiro atoms. The van der Waals surface area contributed by atoms with Gasteiger partial charge in [-0.3, -0.25) is 4.90 Å². The van der Waals surface area contributed by atoms with Gasteiger partial charge in [-0.05, 0) is 53.7 Å². The van der Waals surface area contributed by atoms with Crippen molar-refractivity contribution in [3.05, 3.63) is 65.7 Å². The molecule has 1 aliphatic heterocycles. The molecule has 0 radical (unpaired) electrons. The molecule has 2 N–H and O–H groups in total. The summed E-state index contributed by atoms with van der Waals surface area (Å²) in [6, 6.07) is 17.4. The Balaban J connectivity index is 1.42. The van der Waals surface area contributed by atoms with Crippen LogP contribution in [0.15, 0.2) is 54.6 Å². The first-order valence-electron chi connectivity index (χ1n) is 11.2. The summed E-state index contributed by atoms with van der Waals surface area (Å²) in [6.07, 6.45) is 0.685. The fraction of sp³-hybridized carbons (Fsp3) is 0.385. The first-order chi connectivity index (χ1) is 15.6. The molecule has 6 nitrogen and oxygen atoms in total. The summed E-state index contributed by atoms with van der Waals surface area (Å²) < 4.78 is 11.8. The van der Waals surface area contributed by atoms with Gasteiger partial charge >= 0.3 is 0 Å². The fourth-order valence-corrected chi connectivity index (χ4v) is 4.11. The van der Waals surface area contributed by atoms with E-state index in [1.165, 1.54) is 0 Å². The number of ether oxygens (including phenoxy) is 2. The summed E-state index contributed by atoms with van der Waals surface area (Å²) >= 11 is 0. The van der Waals surface area contributed by atoms with E-state index in [1.54, 1.807) is 12.1 Å². The standard InChI is InChI=1S/C26H32N2O4/c1-27-10-12-28(13-11-27)14-16-31-23-6-2-20(3-7-23)18-25-24-8-5-22(30)19-21(24)4-9-26(25)32-17-15-29/h2-9,19,29-30H,10-18H2,1H3. The van der Waals surface area contributed by atoms with Gasteiger partial charge in [0.15, 0.2) is 0 Å². The van der Waals surface area contributed by atoms with Crippen LogP contribution in [0.2, 0.25) is 0 Å². The molecule has 3 aromatic rings. The molecule has 1 saturated heterocycles. The average molecular weight is 437 g/mol. The predicted molar refractivity (Wildman–Crippen MR) is 127 cm³/mol. The van der Waals surface area contributed by atoms with Gasteiger partial charge in [0, 0.05) is 44.7 Å². The minimum Gasteiger partial charge on any atom is -0.508 e. The Morgan fingerprint density at radius 2 is 1.66 bits per heavy atom. The van der Waals surface area contributed by atoms with Crippen LogP contribution in [-0.4, -0.2) is 79.6 Å². The highest BCUT2D eigenvalue weighted by molar-refractivity contribution is 5.89. The fourth-order valence-electron chi connectivity index (χ4n) is 4.11. The van der Waals surface area contributed by atoms with Gasteiger partial charge in [-0.25, -0.2) is 0 Å². The maximum atomic E-state index is 9.83. The van der Waals surface area contributed by atoms with Crippen LogP contribution >= 0.6 is 0 Å². The lowest BCUT2D eigenvalue weighted by molar-refractivity contribution is 0.134. The molecule has 6 heteroatoms. The molecular weight excluding hydrogens is 404 g/mol. The van der Waals surface area contributed by atoms with E-state index in [9.17, 15) is 10.2 Å². The molecule has 0 atom stereocenters. The molecule has 0 saturated carbocycles. The lowest BCUT2D eigenvalue weighted by Crippen LogP contribution is -2.45. The Bertz CT molecular complexity index is 1010. The van der Waals surface area contributed by atoms with Gasteiger partial charge in [0.05, 0.1) is 6.61 Å². The van der Waals surface area contributed by atoms with Crippen LogP contribution in [-0.2, 0) is 6.42 Å². The predicted octanol–water partition coefficient (Wildman–Crippen LogP) is 3.13. The first kappa shape index (κ1) is 22.4. The van der Waals surface area contributed by atoms with Crippen LogP contribution in [0.25, 0.3) is 10.8 Å². The quantitative estimate of drug-likeness (QED) is 0.537. The van der Waals surface area contributed by atoms with Crippen molar-refractivity contribution < 1.29 is 19.7 Å². The van der Waals surface area contributed by atoms with Gasteiger partial charge < -0.3 is 24.6 Å². The van der Waals surface area contributed by atoms with E-state index in [-0.39, 0.29) is 19.0 Å². The topological polar surface area (TPSA) is 65.4 Å². The van der Waals surface area contributed by atoms with Gasteiger partial charge in [0.1, 0.15) is 30.5 Å². The Morgan fingerprint density at radius 1 is 0.875 bits per heavy atom. The van der Waals surface area contributed by atoms with E-state index < -0.39 is 0 Å². The van der Waals surface area contributed by atoms with Crippen molar-refractivity contribution in [2.75, 3.05) is 59.6 Å². The second-order valence-corrected chi connectivity index (χ2v) is 8.33. The third-order valence-electron chi connectivity index (χ3n) is 6.00. The van der Waals surface area contributed by atoms with Crippen LogP contribution in [0.4, 0.5) is 0 Å². The molecule has 1 fully saturated rings. The third kappa shape index (κ3) is 5.71. The molecule has 0 unspecified atom stereocenters. The number of likely N-dealkylation sites (N-methyl/N-ethyl adjacent to an activating group) is 1. The van der Waals surface area contributed by atoms with Crippen LogP contribution in [0, 0.1) is 0 Å². The van der Waals surface area contributed by atoms with Gasteiger partial charge in [-0.2, -0.15) is 0 Å². The second-order valence-electron chi connectivity index (χ2n) is 8.33. The number of aliphatic hydroxyl groups is 1. The molecule has 3 aromatic carbocycles. The van der Waals surface area contributed by atoms with E-state index in [2.05, 4.69) is 29.0 Å². The molecule has 0 amide bonds. The van der Waals surface area contributed by atoms with Crippen molar-refractivity contribution in [2.45, 2.75) is 6.42 Å². The first-order valence-corrected chi connectivity index (χ1v) is 11.2. The van der Waals surface area contributed by atoms with E-state index in [0.29, 0.717) is 13.0 Å². The number of hydrogen-bond donors (Lipinski definition) is 2. The summed E-state index contributed by atoms with van der Waals surface area (Å²) in [4.78, 5) is 4.80. The number of aliphatic hydroxyl groups excluding tert-OH is 1. The smallest absolute Gasteiger partial charge is 0.123 e. The van der Waals surface area contributed by atoms with Crippen LogP contribution in [0.3, 0.4) is 0 Å². The highest BCUT2D eigenvalue weighted by Crippen LogP contribution is 2.32. The summed E-state index contributed by atoms with van der Waals surface area (Å²) in [5, 5.41) is 21.0. The molecule has 1 heterocycles. The number of aromatic hydroxyl groups is 1. The van der Waals surface area contributed by atoms with Crippen molar-refractivity contribution in [3.63, 3.8) is 0 Å². The monoisotopic (exact) mass is 436 g/mol. The summed E-state index contributed by atoms with van der Waals surface area (Å²) in [6.45, 7) is 6.28. The number of piperazine rings is 1. The minimum atomic E-state index is -0.0345. The zero-order valence-corrected chi connectivity index (χ0v) is 18.7. The number of rotatable bonds is 9. The summed E-state index contributed by atoms with van der Waals surface area (Å²) in [5.74, 6) is 1.87. The molecule has 4 rings (SSSR count). The SMILES string of the molecule is CN1CCN(CCOc2ccc(Cc3c(OCCO)ccc4cc(O)ccc34)cc2)CC1. The lowest BCUT2D eigenvalue weighted by atomic mass is 9.97. The van der Waals surface area contributed by atoms with E-state index in [4.69, 9.17) is 9.47 Å². The lowest BCUT2D eigenvalue weighted by Gasteiger charge is -2.32. The number of fused-ring (bicyclic) bond motifs is 1. The zero-order valence-electron chi connectivity index (χ0n) is 18.7. The average Bonchev–Trinajstić information content (AvgIpc) is 2.81. The van der Waals surface area contributed by atoms with Crippen molar-refractivity contribution >= 4 is 10.8 Å². The Morgan fingerprint density at radius 3 is 2.41 bits per heavy atom. The van der Waals surface area contributed by atoms with Gasteiger partial charge in [0.2, 0.25) is 0 Å². The summed E-state index contributed by atoms with van der Waals surface area (Å²) in [5.41, 5.74) is 2.19. The Hall–Kier alpha value is -2.80. The normalized spacial score (nSPS) is 15.2. The number of phenolic OH excluding ortho intramolecular Hbond substituents is 1. The van der Waals surface area contributed by atoms with Gasteiger partial charge in [0.25, 0.3) is 0 Å². The maximum absolute atomic E-state index is 9.83. The number of benzene rings is 3. The van der Waals surface area contributed by atoms with E-state index >= 15 is 0 Å². The van der Waals surface area contributed by atoms with Gasteiger partial charge in [-0.15, -0.1) is 0 Å². The van der Waals surface area contributed by atoms with Crippen molar-refractivity contribution in [1.82, 2.24) is 9.80 Å². The Kier molecular flexibility index (Phi) is 7.47. The van der Waals surface area contributed by atoms with Crippen molar-refractivity contribution in [3.8, 4) is 17.2 Å². The van der Waals surface area contributed by atoms with Crippen LogP contribution in [0.1, 0.15) is 11.1 Å². The highest BCUT2D eigenvalue weighted by atomic mass is 16.5. The zero-order chi connectivity index (χ0) is 22.3. The largest absolute Gasteiger partial charge is 0.508 e. The Labute approximate surface area is 189 Å². The highest BCUT2D eigenvalue weighted by Gasteiger charge is 2.14. The minimum absolute atomic E-state index is 0.0345. The van der Waals surface area contributed by atoms with Crippen molar-refractivity contribution in [1.29, 1.82) is 0 Å². The van der Waals surface area contributed by atoms with E-state index in [1.807, 2.05) is 30.3 Å². The van der Waals surface area contributed by atoms with E-state index in [0.717, 1.165) is 66.1 Å². The van der Waals surface area contributed by atoms with Crippen molar-refractivity contribution in [2.24, 2.45) is 0 Å². The molecule has 170 valence electrons. The molecule has 0 bridgehead atoms. The van der Waals surface area contributed by atoms with Crippen LogP contribution in [0.5, 0.6) is 17.2 Å².